The molecule has 0 aliphatic heterocycles. The Bertz CT molecular complexity index is 1040. The fourth-order valence-electron chi connectivity index (χ4n) is 2.82. The number of aryl methyl sites for hydroxylation is 1. The highest BCUT2D eigenvalue weighted by Gasteiger charge is 2.17. The zero-order valence-corrected chi connectivity index (χ0v) is 12.9. The quantitative estimate of drug-likeness (QED) is 0.602. The number of para-hydroxylation sites is 1. The second-order valence-corrected chi connectivity index (χ2v) is 5.60. The first-order chi connectivity index (χ1) is 11.6. The summed E-state index contributed by atoms with van der Waals surface area (Å²) in [6.07, 6.45) is 1.73. The van der Waals surface area contributed by atoms with Crippen molar-refractivity contribution >= 4 is 5.65 Å². The van der Waals surface area contributed by atoms with Crippen LogP contribution in [0.2, 0.25) is 0 Å². The van der Waals surface area contributed by atoms with E-state index in [1.54, 1.807) is 35.0 Å². The Morgan fingerprint density at radius 2 is 1.75 bits per heavy atom. The van der Waals surface area contributed by atoms with Gasteiger partial charge in [-0.15, -0.1) is 0 Å². The van der Waals surface area contributed by atoms with Crippen LogP contribution in [0.25, 0.3) is 28.0 Å². The predicted molar refractivity (Wildman–Crippen MR) is 90.2 cm³/mol. The SMILES string of the molecule is Cc1cc2ncc(-c3ccc(F)cc3)c(-c3ccccc3O)n2n1. The molecule has 0 spiro atoms. The van der Waals surface area contributed by atoms with E-state index in [2.05, 4.69) is 10.1 Å². The fraction of sp³-hybridized carbons (Fsp3) is 0.0526. The lowest BCUT2D eigenvalue weighted by Crippen LogP contribution is -2.00. The van der Waals surface area contributed by atoms with Gasteiger partial charge in [-0.3, -0.25) is 0 Å². The van der Waals surface area contributed by atoms with Crippen LogP contribution in [0.15, 0.2) is 60.8 Å². The van der Waals surface area contributed by atoms with Gasteiger partial charge in [0.1, 0.15) is 11.6 Å². The number of aromatic nitrogens is 3. The Morgan fingerprint density at radius 1 is 1.00 bits per heavy atom. The normalized spacial score (nSPS) is 11.1. The van der Waals surface area contributed by atoms with Crippen molar-refractivity contribution in [2.45, 2.75) is 6.92 Å². The molecule has 4 rings (SSSR count). The molecule has 0 saturated heterocycles. The first-order valence-corrected chi connectivity index (χ1v) is 7.53. The molecule has 2 heterocycles. The van der Waals surface area contributed by atoms with Gasteiger partial charge in [-0.1, -0.05) is 24.3 Å². The van der Waals surface area contributed by atoms with E-state index in [0.29, 0.717) is 11.2 Å². The van der Waals surface area contributed by atoms with Gasteiger partial charge >= 0.3 is 0 Å². The molecule has 0 saturated carbocycles. The van der Waals surface area contributed by atoms with Gasteiger partial charge in [0.05, 0.1) is 11.4 Å². The van der Waals surface area contributed by atoms with Crippen molar-refractivity contribution in [1.82, 2.24) is 14.6 Å². The van der Waals surface area contributed by atoms with Crippen molar-refractivity contribution in [3.8, 4) is 28.1 Å². The van der Waals surface area contributed by atoms with E-state index >= 15 is 0 Å². The average Bonchev–Trinajstić information content (AvgIpc) is 2.96. The number of halogens is 1. The highest BCUT2D eigenvalue weighted by atomic mass is 19.1. The fourth-order valence-corrected chi connectivity index (χ4v) is 2.82. The van der Waals surface area contributed by atoms with E-state index in [-0.39, 0.29) is 11.6 Å². The van der Waals surface area contributed by atoms with Crippen LogP contribution in [-0.4, -0.2) is 19.7 Å². The van der Waals surface area contributed by atoms with E-state index in [1.807, 2.05) is 25.1 Å². The Kier molecular flexibility index (Phi) is 3.27. The summed E-state index contributed by atoms with van der Waals surface area (Å²) in [6, 6.07) is 15.1. The van der Waals surface area contributed by atoms with Crippen LogP contribution in [0.1, 0.15) is 5.69 Å². The van der Waals surface area contributed by atoms with Gasteiger partial charge in [-0.2, -0.15) is 5.10 Å². The molecule has 0 unspecified atom stereocenters. The van der Waals surface area contributed by atoms with Gasteiger partial charge in [-0.05, 0) is 36.8 Å². The summed E-state index contributed by atoms with van der Waals surface area (Å²) >= 11 is 0. The van der Waals surface area contributed by atoms with Gasteiger partial charge in [0.15, 0.2) is 5.65 Å². The maximum atomic E-state index is 13.3. The van der Waals surface area contributed by atoms with Gasteiger partial charge in [0.2, 0.25) is 0 Å². The minimum atomic E-state index is -0.299. The predicted octanol–water partition coefficient (Wildman–Crippen LogP) is 4.22. The van der Waals surface area contributed by atoms with Crippen LogP contribution >= 0.6 is 0 Å². The summed E-state index contributed by atoms with van der Waals surface area (Å²) in [5.41, 5.74) is 4.46. The highest BCUT2D eigenvalue weighted by Crippen LogP contribution is 2.36. The number of phenolic OH excluding ortho intramolecular Hbond substituents is 1. The summed E-state index contributed by atoms with van der Waals surface area (Å²) in [5.74, 6) is -0.145. The largest absolute Gasteiger partial charge is 0.507 e. The minimum absolute atomic E-state index is 0.154. The second kappa shape index (κ2) is 5.45. The summed E-state index contributed by atoms with van der Waals surface area (Å²) < 4.78 is 15.0. The van der Waals surface area contributed by atoms with Gasteiger partial charge in [0.25, 0.3) is 0 Å². The van der Waals surface area contributed by atoms with Gasteiger partial charge < -0.3 is 5.11 Å². The van der Waals surface area contributed by atoms with Crippen molar-refractivity contribution in [1.29, 1.82) is 0 Å². The van der Waals surface area contributed by atoms with Crippen molar-refractivity contribution < 1.29 is 9.50 Å². The Labute approximate surface area is 137 Å². The Morgan fingerprint density at radius 3 is 2.50 bits per heavy atom. The van der Waals surface area contributed by atoms with Crippen LogP contribution in [0.4, 0.5) is 4.39 Å². The molecule has 4 aromatic rings. The number of hydrogen-bond donors (Lipinski definition) is 1. The number of aromatic hydroxyl groups is 1. The number of fused-ring (bicyclic) bond motifs is 1. The Hall–Kier alpha value is -3.21. The van der Waals surface area contributed by atoms with Crippen molar-refractivity contribution in [3.05, 3.63) is 72.3 Å². The number of phenols is 1. The average molecular weight is 319 g/mol. The summed E-state index contributed by atoms with van der Waals surface area (Å²) in [6.45, 7) is 1.89. The maximum Gasteiger partial charge on any atom is 0.155 e. The maximum absolute atomic E-state index is 13.3. The van der Waals surface area contributed by atoms with Crippen LogP contribution < -0.4 is 0 Å². The van der Waals surface area contributed by atoms with Gasteiger partial charge in [-0.25, -0.2) is 13.9 Å². The molecule has 1 N–H and O–H groups in total. The summed E-state index contributed by atoms with van der Waals surface area (Å²) in [4.78, 5) is 4.44. The molecule has 2 aromatic heterocycles. The van der Waals surface area contributed by atoms with E-state index in [1.165, 1.54) is 12.1 Å². The van der Waals surface area contributed by atoms with Crippen molar-refractivity contribution in [3.63, 3.8) is 0 Å². The third-order valence-corrected chi connectivity index (χ3v) is 3.92. The first-order valence-electron chi connectivity index (χ1n) is 7.53. The molecular weight excluding hydrogens is 305 g/mol. The molecule has 0 atom stereocenters. The zero-order valence-electron chi connectivity index (χ0n) is 12.9. The first kappa shape index (κ1) is 14.4. The van der Waals surface area contributed by atoms with Crippen LogP contribution in [-0.2, 0) is 0 Å². The van der Waals surface area contributed by atoms with Crippen LogP contribution in [0.3, 0.4) is 0 Å². The number of hydrogen-bond acceptors (Lipinski definition) is 3. The molecule has 2 aromatic carbocycles. The van der Waals surface area contributed by atoms with Crippen molar-refractivity contribution in [2.75, 3.05) is 0 Å². The van der Waals surface area contributed by atoms with E-state index < -0.39 is 0 Å². The number of nitrogens with zero attached hydrogens (tertiary/aromatic N) is 3. The Balaban J connectivity index is 2.09. The number of benzene rings is 2. The minimum Gasteiger partial charge on any atom is -0.507 e. The topological polar surface area (TPSA) is 50.4 Å². The molecule has 24 heavy (non-hydrogen) atoms. The number of rotatable bonds is 2. The van der Waals surface area contributed by atoms with Crippen molar-refractivity contribution in [2.24, 2.45) is 0 Å². The van der Waals surface area contributed by atoms with E-state index in [9.17, 15) is 9.50 Å². The molecule has 5 heteroatoms. The van der Waals surface area contributed by atoms with Crippen LogP contribution in [0, 0.1) is 12.7 Å². The van der Waals surface area contributed by atoms with E-state index in [4.69, 9.17) is 0 Å². The smallest absolute Gasteiger partial charge is 0.155 e. The molecule has 0 bridgehead atoms. The molecular formula is C19H14FN3O. The molecule has 4 nitrogen and oxygen atoms in total. The monoisotopic (exact) mass is 319 g/mol. The zero-order chi connectivity index (χ0) is 16.7. The van der Waals surface area contributed by atoms with E-state index in [0.717, 1.165) is 22.5 Å². The second-order valence-electron chi connectivity index (χ2n) is 5.60. The van der Waals surface area contributed by atoms with Gasteiger partial charge in [0, 0.05) is 23.4 Å². The summed E-state index contributed by atoms with van der Waals surface area (Å²) in [7, 11) is 0. The lowest BCUT2D eigenvalue weighted by Gasteiger charge is -2.13. The molecule has 0 amide bonds. The summed E-state index contributed by atoms with van der Waals surface area (Å²) in [5, 5.41) is 14.8. The molecule has 118 valence electrons. The lowest BCUT2D eigenvalue weighted by atomic mass is 10.00. The van der Waals surface area contributed by atoms with Crippen LogP contribution in [0.5, 0.6) is 5.75 Å². The standard InChI is InChI=1S/C19H14FN3O/c1-12-10-18-21-11-16(13-6-8-14(20)9-7-13)19(23(18)22-12)15-4-2-3-5-17(15)24/h2-11,24H,1H3. The highest BCUT2D eigenvalue weighted by molar-refractivity contribution is 5.84. The third-order valence-electron chi connectivity index (χ3n) is 3.92. The third kappa shape index (κ3) is 2.31. The molecule has 0 aliphatic rings. The molecule has 0 aliphatic carbocycles. The molecule has 0 radical (unpaired) electrons. The lowest BCUT2D eigenvalue weighted by molar-refractivity contribution is 0.477. The molecule has 0 fully saturated rings.